The van der Waals surface area contributed by atoms with Crippen molar-refractivity contribution in [2.45, 2.75) is 32.6 Å². The molecule has 0 bridgehead atoms. The molecule has 0 unspecified atom stereocenters. The number of aromatic nitrogens is 2. The van der Waals surface area contributed by atoms with Gasteiger partial charge in [0.05, 0.1) is 11.4 Å². The zero-order valence-electron chi connectivity index (χ0n) is 11.2. The highest BCUT2D eigenvalue weighted by Crippen LogP contribution is 2.35. The van der Waals surface area contributed by atoms with Crippen LogP contribution in [-0.4, -0.2) is 10.2 Å². The first-order valence-corrected chi connectivity index (χ1v) is 6.41. The molecule has 0 aliphatic heterocycles. The van der Waals surface area contributed by atoms with Crippen molar-refractivity contribution in [1.29, 1.82) is 0 Å². The molecule has 0 spiro atoms. The van der Waals surface area contributed by atoms with Crippen LogP contribution in [0, 0.1) is 0 Å². The summed E-state index contributed by atoms with van der Waals surface area (Å²) in [4.78, 5) is 0. The largest absolute Gasteiger partial charge is 0.277 e. The minimum Gasteiger partial charge on any atom is -0.277 e. The van der Waals surface area contributed by atoms with Gasteiger partial charge in [-0.2, -0.15) is 5.10 Å². The highest BCUT2D eigenvalue weighted by molar-refractivity contribution is 5.80. The average molecular weight is 240 g/mol. The second-order valence-electron chi connectivity index (χ2n) is 4.85. The van der Waals surface area contributed by atoms with E-state index in [1.165, 1.54) is 22.4 Å². The topological polar surface area (TPSA) is 28.7 Å². The van der Waals surface area contributed by atoms with Crippen molar-refractivity contribution >= 4 is 5.57 Å². The van der Waals surface area contributed by atoms with Gasteiger partial charge in [0.1, 0.15) is 0 Å². The Morgan fingerprint density at radius 2 is 2.06 bits per heavy atom. The quantitative estimate of drug-likeness (QED) is 0.786. The highest BCUT2D eigenvalue weighted by Gasteiger charge is 2.22. The van der Waals surface area contributed by atoms with Crippen LogP contribution < -0.4 is 0 Å². The summed E-state index contributed by atoms with van der Waals surface area (Å²) in [5.41, 5.74) is 6.18. The van der Waals surface area contributed by atoms with Crippen LogP contribution in [0.2, 0.25) is 0 Å². The van der Waals surface area contributed by atoms with E-state index < -0.39 is 0 Å². The molecular formula is C16H20N2. The summed E-state index contributed by atoms with van der Waals surface area (Å²) in [5.74, 6) is 0.458. The van der Waals surface area contributed by atoms with Crippen LogP contribution in [0.3, 0.4) is 0 Å². The highest BCUT2D eigenvalue weighted by atomic mass is 15.1. The Kier molecular flexibility index (Phi) is 3.66. The number of H-pyrrole nitrogens is 1. The summed E-state index contributed by atoms with van der Waals surface area (Å²) in [6.07, 6.45) is 9.87. The number of aromatic amines is 1. The molecule has 1 heterocycles. The number of nitrogens with one attached hydrogen (secondary N) is 1. The molecule has 0 saturated carbocycles. The van der Waals surface area contributed by atoms with Crippen molar-refractivity contribution in [3.63, 3.8) is 0 Å². The molecule has 2 rings (SSSR count). The Balaban J connectivity index is 2.54. The summed E-state index contributed by atoms with van der Waals surface area (Å²) >= 11 is 0. The third-order valence-electron chi connectivity index (χ3n) is 3.35. The lowest BCUT2D eigenvalue weighted by Gasteiger charge is -2.17. The normalized spacial score (nSPS) is 15.3. The van der Waals surface area contributed by atoms with E-state index in [0.717, 1.165) is 18.5 Å². The summed E-state index contributed by atoms with van der Waals surface area (Å²) < 4.78 is 0. The van der Waals surface area contributed by atoms with Crippen LogP contribution in [0.25, 0.3) is 5.57 Å². The molecule has 1 N–H and O–H groups in total. The first-order chi connectivity index (χ1) is 8.69. The number of allylic oxidation sites excluding steroid dienone is 6. The molecule has 1 aliphatic carbocycles. The van der Waals surface area contributed by atoms with Crippen LogP contribution in [0.1, 0.15) is 43.1 Å². The molecule has 0 radical (unpaired) electrons. The van der Waals surface area contributed by atoms with Gasteiger partial charge in [-0.15, -0.1) is 0 Å². The number of fused-ring (bicyclic) bond motifs is 1. The van der Waals surface area contributed by atoms with Crippen LogP contribution in [0.15, 0.2) is 43.0 Å². The minimum absolute atomic E-state index is 0.458. The van der Waals surface area contributed by atoms with Crippen LogP contribution in [0.5, 0.6) is 0 Å². The summed E-state index contributed by atoms with van der Waals surface area (Å²) in [6.45, 7) is 12.0. The molecule has 1 aromatic rings. The third-order valence-corrected chi connectivity index (χ3v) is 3.35. The average Bonchev–Trinajstić information content (AvgIpc) is 2.79. The second kappa shape index (κ2) is 5.21. The Labute approximate surface area is 109 Å². The molecule has 2 heteroatoms. The fourth-order valence-corrected chi connectivity index (χ4v) is 2.45. The Morgan fingerprint density at radius 3 is 2.67 bits per heavy atom. The van der Waals surface area contributed by atoms with Gasteiger partial charge in [-0.25, -0.2) is 0 Å². The molecule has 2 nitrogen and oxygen atoms in total. The van der Waals surface area contributed by atoms with Crippen molar-refractivity contribution in [2.75, 3.05) is 0 Å². The van der Waals surface area contributed by atoms with Crippen molar-refractivity contribution < 1.29 is 0 Å². The van der Waals surface area contributed by atoms with E-state index in [4.69, 9.17) is 0 Å². The van der Waals surface area contributed by atoms with Gasteiger partial charge in [0.25, 0.3) is 0 Å². The maximum atomic E-state index is 4.47. The lowest BCUT2D eigenvalue weighted by molar-refractivity contribution is 0.790. The smallest absolute Gasteiger partial charge is 0.0688 e. The van der Waals surface area contributed by atoms with Crippen molar-refractivity contribution in [3.05, 3.63) is 60.0 Å². The molecule has 18 heavy (non-hydrogen) atoms. The molecular weight excluding hydrogens is 220 g/mol. The maximum Gasteiger partial charge on any atom is 0.0688 e. The second-order valence-corrected chi connectivity index (χ2v) is 4.85. The van der Waals surface area contributed by atoms with Gasteiger partial charge in [-0.05, 0) is 24.3 Å². The molecule has 0 atom stereocenters. The molecule has 0 saturated heterocycles. The number of nitrogens with zero attached hydrogens (tertiary/aromatic N) is 1. The summed E-state index contributed by atoms with van der Waals surface area (Å²) in [7, 11) is 0. The van der Waals surface area contributed by atoms with E-state index >= 15 is 0 Å². The molecule has 1 aliphatic rings. The monoisotopic (exact) mass is 240 g/mol. The first kappa shape index (κ1) is 12.6. The van der Waals surface area contributed by atoms with Crippen LogP contribution in [0.4, 0.5) is 0 Å². The number of rotatable bonds is 4. The summed E-state index contributed by atoms with van der Waals surface area (Å²) in [5, 5.41) is 7.66. The fourth-order valence-electron chi connectivity index (χ4n) is 2.45. The minimum atomic E-state index is 0.458. The predicted octanol–water partition coefficient (Wildman–Crippen LogP) is 4.16. The van der Waals surface area contributed by atoms with E-state index in [1.54, 1.807) is 6.08 Å². The standard InChI is InChI=1S/C16H20N2/c1-5-7-8-13-12(6-2)9-10-14-15(11(3)4)17-18-16(13)14/h5-8,11H,1-2,9-10H2,3-4H3,(H,17,18)/b8-7-. The van der Waals surface area contributed by atoms with E-state index in [-0.39, 0.29) is 0 Å². The van der Waals surface area contributed by atoms with Crippen molar-refractivity contribution in [2.24, 2.45) is 0 Å². The Bertz CT molecular complexity index is 527. The lowest BCUT2D eigenvalue weighted by Crippen LogP contribution is -2.04. The van der Waals surface area contributed by atoms with E-state index in [2.05, 4.69) is 43.3 Å². The SMILES string of the molecule is C=C/C=C\C1=C(C=C)CCc2c(C(C)C)n[nH]c21. The van der Waals surface area contributed by atoms with Gasteiger partial charge < -0.3 is 0 Å². The molecule has 0 fully saturated rings. The van der Waals surface area contributed by atoms with Gasteiger partial charge in [-0.3, -0.25) is 5.10 Å². The zero-order chi connectivity index (χ0) is 13.1. The Hall–Kier alpha value is -1.83. The van der Waals surface area contributed by atoms with Crippen LogP contribution in [-0.2, 0) is 6.42 Å². The van der Waals surface area contributed by atoms with Gasteiger partial charge in [-0.1, -0.05) is 51.3 Å². The van der Waals surface area contributed by atoms with Gasteiger partial charge in [0, 0.05) is 11.1 Å². The predicted molar refractivity (Wildman–Crippen MR) is 77.5 cm³/mol. The Morgan fingerprint density at radius 1 is 1.28 bits per heavy atom. The molecule has 94 valence electrons. The fraction of sp³-hybridized carbons (Fsp3) is 0.312. The third kappa shape index (κ3) is 2.10. The molecule has 0 aromatic carbocycles. The summed E-state index contributed by atoms with van der Waals surface area (Å²) in [6, 6.07) is 0. The molecule has 1 aromatic heterocycles. The van der Waals surface area contributed by atoms with Gasteiger partial charge in [0.2, 0.25) is 0 Å². The van der Waals surface area contributed by atoms with E-state index in [1.807, 2.05) is 12.2 Å². The van der Waals surface area contributed by atoms with E-state index in [9.17, 15) is 0 Å². The van der Waals surface area contributed by atoms with Crippen LogP contribution >= 0.6 is 0 Å². The maximum absolute atomic E-state index is 4.47. The lowest BCUT2D eigenvalue weighted by atomic mass is 9.87. The van der Waals surface area contributed by atoms with Crippen molar-refractivity contribution in [3.8, 4) is 0 Å². The van der Waals surface area contributed by atoms with Crippen molar-refractivity contribution in [1.82, 2.24) is 10.2 Å². The number of hydrogen-bond acceptors (Lipinski definition) is 1. The zero-order valence-corrected chi connectivity index (χ0v) is 11.2. The first-order valence-electron chi connectivity index (χ1n) is 6.41. The van der Waals surface area contributed by atoms with E-state index in [0.29, 0.717) is 5.92 Å². The van der Waals surface area contributed by atoms with Gasteiger partial charge >= 0.3 is 0 Å². The molecule has 0 amide bonds. The number of hydrogen-bond donors (Lipinski definition) is 1. The van der Waals surface area contributed by atoms with Gasteiger partial charge in [0.15, 0.2) is 0 Å².